The molecule has 1 amide bonds. The van der Waals surface area contributed by atoms with Crippen molar-refractivity contribution in [2.75, 3.05) is 5.73 Å². The topological polar surface area (TPSA) is 98.2 Å². The number of benzene rings is 1. The van der Waals surface area contributed by atoms with E-state index in [-0.39, 0.29) is 18.3 Å². The number of aryl methyl sites for hydroxylation is 3. The summed E-state index contributed by atoms with van der Waals surface area (Å²) in [5, 5.41) is 7.08. The molecule has 0 saturated carbocycles. The predicted molar refractivity (Wildman–Crippen MR) is 91.4 cm³/mol. The molecule has 7 heteroatoms. The van der Waals surface area contributed by atoms with Crippen LogP contribution >= 0.6 is 0 Å². The third-order valence-electron chi connectivity index (χ3n) is 4.14. The summed E-state index contributed by atoms with van der Waals surface area (Å²) in [6, 6.07) is 7.99. The Labute approximate surface area is 139 Å². The summed E-state index contributed by atoms with van der Waals surface area (Å²) in [4.78, 5) is 20.8. The van der Waals surface area contributed by atoms with Gasteiger partial charge in [-0.05, 0) is 31.9 Å². The van der Waals surface area contributed by atoms with E-state index in [0.717, 1.165) is 28.1 Å². The molecule has 1 aromatic carbocycles. The number of nitrogens with two attached hydrogens (primary N) is 1. The van der Waals surface area contributed by atoms with Gasteiger partial charge < -0.3 is 11.1 Å². The highest BCUT2D eigenvalue weighted by Crippen LogP contribution is 2.15. The summed E-state index contributed by atoms with van der Waals surface area (Å²) >= 11 is 0. The molecule has 0 radical (unpaired) electrons. The minimum atomic E-state index is -0.0568. The highest BCUT2D eigenvalue weighted by Gasteiger charge is 2.15. The zero-order valence-electron chi connectivity index (χ0n) is 14.0. The lowest BCUT2D eigenvalue weighted by atomic mass is 10.1. The van der Waals surface area contributed by atoms with Crippen LogP contribution < -0.4 is 11.1 Å². The number of nitrogens with zero attached hydrogens (tertiary/aromatic N) is 4. The number of aromatic nitrogens is 4. The van der Waals surface area contributed by atoms with Crippen LogP contribution in [0.4, 0.5) is 5.95 Å². The molecule has 7 nitrogen and oxygen atoms in total. The summed E-state index contributed by atoms with van der Waals surface area (Å²) in [6.45, 7) is 6.29. The fourth-order valence-electron chi connectivity index (χ4n) is 2.70. The molecule has 0 aliphatic heterocycles. The van der Waals surface area contributed by atoms with E-state index in [1.165, 1.54) is 0 Å². The molecule has 0 saturated heterocycles. The first-order valence-corrected chi connectivity index (χ1v) is 7.75. The Balaban J connectivity index is 1.77. The predicted octanol–water partition coefficient (Wildman–Crippen LogP) is 1.49. The second-order valence-corrected chi connectivity index (χ2v) is 5.82. The number of nitrogen functional groups attached to an aromatic ring is 1. The zero-order valence-corrected chi connectivity index (χ0v) is 14.0. The Morgan fingerprint density at radius 2 is 1.96 bits per heavy atom. The number of rotatable bonds is 4. The largest absolute Gasteiger partial charge is 0.366 e. The molecule has 0 atom stereocenters. The average molecular weight is 324 g/mol. The second kappa shape index (κ2) is 6.27. The summed E-state index contributed by atoms with van der Waals surface area (Å²) in [7, 11) is 0. The van der Waals surface area contributed by atoms with Gasteiger partial charge in [0.15, 0.2) is 0 Å². The van der Waals surface area contributed by atoms with Crippen LogP contribution in [0.15, 0.2) is 24.3 Å². The van der Waals surface area contributed by atoms with Crippen molar-refractivity contribution in [3.05, 3.63) is 52.3 Å². The van der Waals surface area contributed by atoms with Gasteiger partial charge in [0.25, 0.3) is 5.78 Å². The minimum Gasteiger partial charge on any atom is -0.366 e. The van der Waals surface area contributed by atoms with Crippen molar-refractivity contribution in [3.8, 4) is 0 Å². The third-order valence-corrected chi connectivity index (χ3v) is 4.14. The molecule has 24 heavy (non-hydrogen) atoms. The SMILES string of the molecule is Cc1ccccc1CNC(=O)Cc1c(C)nc2nc(N)nn2c1C. The highest BCUT2D eigenvalue weighted by molar-refractivity contribution is 5.79. The van der Waals surface area contributed by atoms with Gasteiger partial charge >= 0.3 is 0 Å². The van der Waals surface area contributed by atoms with E-state index in [2.05, 4.69) is 20.4 Å². The normalized spacial score (nSPS) is 11.0. The number of carbonyl (C=O) groups is 1. The van der Waals surface area contributed by atoms with Crippen LogP contribution in [0.2, 0.25) is 0 Å². The summed E-state index contributed by atoms with van der Waals surface area (Å²) in [6.07, 6.45) is 0.242. The molecule has 2 heterocycles. The maximum atomic E-state index is 12.3. The lowest BCUT2D eigenvalue weighted by Gasteiger charge is -2.11. The van der Waals surface area contributed by atoms with Gasteiger partial charge in [-0.15, -0.1) is 5.10 Å². The average Bonchev–Trinajstić information content (AvgIpc) is 2.91. The minimum absolute atomic E-state index is 0.0568. The van der Waals surface area contributed by atoms with E-state index in [0.29, 0.717) is 12.3 Å². The molecule has 3 rings (SSSR count). The molecule has 0 unspecified atom stereocenters. The van der Waals surface area contributed by atoms with Gasteiger partial charge in [0.05, 0.1) is 6.42 Å². The fraction of sp³-hybridized carbons (Fsp3) is 0.294. The van der Waals surface area contributed by atoms with Crippen molar-refractivity contribution in [2.45, 2.75) is 33.7 Å². The smallest absolute Gasteiger partial charge is 0.254 e. The lowest BCUT2D eigenvalue weighted by molar-refractivity contribution is -0.120. The molecule has 0 fully saturated rings. The van der Waals surface area contributed by atoms with Crippen LogP contribution in [-0.4, -0.2) is 25.5 Å². The molecule has 124 valence electrons. The van der Waals surface area contributed by atoms with Crippen LogP contribution in [0, 0.1) is 20.8 Å². The van der Waals surface area contributed by atoms with Gasteiger partial charge in [-0.1, -0.05) is 24.3 Å². The molecule has 3 N–H and O–H groups in total. The fourth-order valence-corrected chi connectivity index (χ4v) is 2.70. The number of amides is 1. The number of hydrogen-bond donors (Lipinski definition) is 2. The molecule has 0 aliphatic carbocycles. The van der Waals surface area contributed by atoms with E-state index in [1.54, 1.807) is 4.52 Å². The number of carbonyl (C=O) groups excluding carboxylic acids is 1. The van der Waals surface area contributed by atoms with E-state index in [1.807, 2.05) is 45.0 Å². The molecular formula is C17H20N6O. The monoisotopic (exact) mass is 324 g/mol. The number of nitrogens with one attached hydrogen (secondary N) is 1. The Bertz CT molecular complexity index is 915. The van der Waals surface area contributed by atoms with Crippen LogP contribution in [0.3, 0.4) is 0 Å². The van der Waals surface area contributed by atoms with Crippen molar-refractivity contribution >= 4 is 17.6 Å². The first kappa shape index (κ1) is 15.9. The van der Waals surface area contributed by atoms with E-state index in [4.69, 9.17) is 5.73 Å². The van der Waals surface area contributed by atoms with Crippen LogP contribution in [0.5, 0.6) is 0 Å². The van der Waals surface area contributed by atoms with Gasteiger partial charge in [-0.2, -0.15) is 9.50 Å². The first-order valence-electron chi connectivity index (χ1n) is 7.75. The van der Waals surface area contributed by atoms with Crippen molar-refractivity contribution in [2.24, 2.45) is 0 Å². The third kappa shape index (κ3) is 3.05. The first-order chi connectivity index (χ1) is 11.5. The quantitative estimate of drug-likeness (QED) is 0.757. The lowest BCUT2D eigenvalue weighted by Crippen LogP contribution is -2.26. The van der Waals surface area contributed by atoms with Crippen LogP contribution in [-0.2, 0) is 17.8 Å². The van der Waals surface area contributed by atoms with Crippen LogP contribution in [0.1, 0.15) is 28.1 Å². The van der Waals surface area contributed by atoms with Crippen molar-refractivity contribution in [1.82, 2.24) is 24.9 Å². The molecule has 0 aliphatic rings. The maximum Gasteiger partial charge on any atom is 0.254 e. The summed E-state index contributed by atoms with van der Waals surface area (Å²) < 4.78 is 1.58. The van der Waals surface area contributed by atoms with E-state index in [9.17, 15) is 4.79 Å². The molecule has 2 aromatic heterocycles. The highest BCUT2D eigenvalue weighted by atomic mass is 16.1. The molecule has 0 bridgehead atoms. The Morgan fingerprint density at radius 3 is 2.71 bits per heavy atom. The number of fused-ring (bicyclic) bond motifs is 1. The van der Waals surface area contributed by atoms with Gasteiger partial charge in [0, 0.05) is 23.5 Å². The summed E-state index contributed by atoms with van der Waals surface area (Å²) in [5.74, 6) is 0.566. The number of hydrogen-bond acceptors (Lipinski definition) is 5. The zero-order chi connectivity index (χ0) is 17.3. The second-order valence-electron chi connectivity index (χ2n) is 5.82. The Hall–Kier alpha value is -2.96. The summed E-state index contributed by atoms with van der Waals surface area (Å²) in [5.41, 5.74) is 10.3. The van der Waals surface area contributed by atoms with Crippen molar-refractivity contribution in [3.63, 3.8) is 0 Å². The molecule has 0 spiro atoms. The number of anilines is 1. The van der Waals surface area contributed by atoms with Crippen molar-refractivity contribution < 1.29 is 4.79 Å². The molecular weight excluding hydrogens is 304 g/mol. The van der Waals surface area contributed by atoms with E-state index < -0.39 is 0 Å². The van der Waals surface area contributed by atoms with E-state index >= 15 is 0 Å². The van der Waals surface area contributed by atoms with Gasteiger partial charge in [0.1, 0.15) is 0 Å². The Kier molecular flexibility index (Phi) is 4.16. The van der Waals surface area contributed by atoms with Crippen LogP contribution in [0.25, 0.3) is 5.78 Å². The standard InChI is InChI=1S/C17H20N6O/c1-10-6-4-5-7-13(10)9-19-15(24)8-14-11(2)20-17-21-16(18)22-23(17)12(14)3/h4-7H,8-9H2,1-3H3,(H2,18,22)(H,19,24). The molecule has 3 aromatic rings. The van der Waals surface area contributed by atoms with Crippen molar-refractivity contribution in [1.29, 1.82) is 0 Å². The maximum absolute atomic E-state index is 12.3. The van der Waals surface area contributed by atoms with Gasteiger partial charge in [-0.25, -0.2) is 4.98 Å². The Morgan fingerprint density at radius 1 is 1.21 bits per heavy atom. The van der Waals surface area contributed by atoms with Gasteiger partial charge in [-0.3, -0.25) is 4.79 Å². The van der Waals surface area contributed by atoms with Gasteiger partial charge in [0.2, 0.25) is 11.9 Å².